The fraction of sp³-hybridized carbons (Fsp3) is 0.200. The van der Waals surface area contributed by atoms with Crippen molar-refractivity contribution in [2.75, 3.05) is 13.2 Å². The summed E-state index contributed by atoms with van der Waals surface area (Å²) in [4.78, 5) is 30.9. The molecule has 0 atom stereocenters. The summed E-state index contributed by atoms with van der Waals surface area (Å²) in [6.07, 6.45) is 3.45. The van der Waals surface area contributed by atoms with Gasteiger partial charge in [0, 0.05) is 18.8 Å². The van der Waals surface area contributed by atoms with E-state index in [-0.39, 0.29) is 24.6 Å². The molecule has 0 aliphatic heterocycles. The van der Waals surface area contributed by atoms with Crippen molar-refractivity contribution in [2.45, 2.75) is 6.42 Å². The first kappa shape index (κ1) is 14.6. The lowest BCUT2D eigenvalue weighted by molar-refractivity contribution is 0.0389. The van der Waals surface area contributed by atoms with Crippen molar-refractivity contribution in [2.24, 2.45) is 0 Å². The minimum atomic E-state index is -0.494. The molecule has 0 amide bonds. The number of esters is 2. The quantitative estimate of drug-likeness (QED) is 0.596. The minimum absolute atomic E-state index is 0.158. The number of pyridine rings is 2. The number of hydrogen-bond acceptors (Lipinski definition) is 6. The normalized spacial score (nSPS) is 9.90. The van der Waals surface area contributed by atoms with Crippen LogP contribution in [0.4, 0.5) is 0 Å². The molecule has 2 heterocycles. The topological polar surface area (TPSA) is 78.4 Å². The van der Waals surface area contributed by atoms with E-state index >= 15 is 0 Å². The van der Waals surface area contributed by atoms with Gasteiger partial charge < -0.3 is 9.47 Å². The number of ether oxygens (including phenoxy) is 2. The van der Waals surface area contributed by atoms with E-state index in [9.17, 15) is 9.59 Å². The van der Waals surface area contributed by atoms with E-state index in [1.165, 1.54) is 12.4 Å². The van der Waals surface area contributed by atoms with Gasteiger partial charge in [-0.3, -0.25) is 0 Å². The van der Waals surface area contributed by atoms with Crippen molar-refractivity contribution in [3.8, 4) is 0 Å². The number of nitrogens with zero attached hydrogens (tertiary/aromatic N) is 2. The Bertz CT molecular complexity index is 534. The average molecular weight is 286 g/mol. The van der Waals surface area contributed by atoms with Gasteiger partial charge in [0.25, 0.3) is 0 Å². The summed E-state index contributed by atoms with van der Waals surface area (Å²) in [6.45, 7) is 0.315. The Morgan fingerprint density at radius 3 is 1.67 bits per heavy atom. The van der Waals surface area contributed by atoms with Gasteiger partial charge in [-0.25, -0.2) is 19.6 Å². The second kappa shape index (κ2) is 7.74. The zero-order valence-corrected chi connectivity index (χ0v) is 11.3. The molecule has 6 heteroatoms. The molecule has 0 fully saturated rings. The van der Waals surface area contributed by atoms with E-state index in [0.29, 0.717) is 6.42 Å². The largest absolute Gasteiger partial charge is 0.461 e. The highest BCUT2D eigenvalue weighted by molar-refractivity contribution is 5.87. The van der Waals surface area contributed by atoms with Crippen LogP contribution in [0.1, 0.15) is 27.4 Å². The van der Waals surface area contributed by atoms with Crippen molar-refractivity contribution >= 4 is 11.9 Å². The van der Waals surface area contributed by atoms with Crippen molar-refractivity contribution < 1.29 is 19.1 Å². The summed E-state index contributed by atoms with van der Waals surface area (Å²) in [5.41, 5.74) is 0.506. The maximum atomic E-state index is 11.6. The van der Waals surface area contributed by atoms with Gasteiger partial charge in [-0.05, 0) is 24.3 Å². The molecule has 0 aliphatic carbocycles. The van der Waals surface area contributed by atoms with Crippen molar-refractivity contribution in [1.82, 2.24) is 9.97 Å². The third-order valence-electron chi connectivity index (χ3n) is 2.50. The molecular weight excluding hydrogens is 272 g/mol. The zero-order chi connectivity index (χ0) is 14.9. The molecule has 0 N–H and O–H groups in total. The molecule has 2 aromatic heterocycles. The number of aromatic nitrogens is 2. The molecule has 6 nitrogen and oxygen atoms in total. The second-order valence-electron chi connectivity index (χ2n) is 4.06. The van der Waals surface area contributed by atoms with Crippen LogP contribution < -0.4 is 0 Å². The summed E-state index contributed by atoms with van der Waals surface area (Å²) in [5.74, 6) is -0.988. The van der Waals surface area contributed by atoms with Crippen LogP contribution in [0.3, 0.4) is 0 Å². The first-order valence-electron chi connectivity index (χ1n) is 6.43. The van der Waals surface area contributed by atoms with Gasteiger partial charge in [-0.2, -0.15) is 0 Å². The van der Waals surface area contributed by atoms with Crippen molar-refractivity contribution in [3.05, 3.63) is 60.2 Å². The molecule has 0 unspecified atom stereocenters. The SMILES string of the molecule is O=C(OCCCOC(=O)c1ccccn1)c1ccccn1. The van der Waals surface area contributed by atoms with E-state index in [4.69, 9.17) is 9.47 Å². The summed E-state index contributed by atoms with van der Waals surface area (Å²) < 4.78 is 10.0. The van der Waals surface area contributed by atoms with Crippen LogP contribution in [0.5, 0.6) is 0 Å². The Hall–Kier alpha value is -2.76. The molecule has 0 radical (unpaired) electrons. The number of carbonyl (C=O) groups is 2. The minimum Gasteiger partial charge on any atom is -0.461 e. The van der Waals surface area contributed by atoms with Crippen molar-refractivity contribution in [3.63, 3.8) is 0 Å². The fourth-order valence-corrected chi connectivity index (χ4v) is 1.50. The molecule has 108 valence electrons. The molecular formula is C15H14N2O4. The summed E-state index contributed by atoms with van der Waals surface area (Å²) in [5, 5.41) is 0. The third kappa shape index (κ3) is 4.68. The summed E-state index contributed by atoms with van der Waals surface area (Å²) in [6, 6.07) is 9.99. The molecule has 2 aromatic rings. The first-order chi connectivity index (χ1) is 10.3. The Labute approximate surface area is 121 Å². The van der Waals surface area contributed by atoms with Crippen LogP contribution >= 0.6 is 0 Å². The van der Waals surface area contributed by atoms with Gasteiger partial charge in [0.05, 0.1) is 13.2 Å². The molecule has 0 saturated heterocycles. The predicted octanol–water partition coefficient (Wildman–Crippen LogP) is 1.88. The maximum absolute atomic E-state index is 11.6. The van der Waals surface area contributed by atoms with Crippen molar-refractivity contribution in [1.29, 1.82) is 0 Å². The highest BCUT2D eigenvalue weighted by atomic mass is 16.5. The van der Waals surface area contributed by atoms with Crippen LogP contribution in [-0.2, 0) is 9.47 Å². The first-order valence-corrected chi connectivity index (χ1v) is 6.43. The highest BCUT2D eigenvalue weighted by Gasteiger charge is 2.09. The van der Waals surface area contributed by atoms with Gasteiger partial charge in [0.1, 0.15) is 11.4 Å². The Balaban J connectivity index is 1.64. The molecule has 21 heavy (non-hydrogen) atoms. The summed E-state index contributed by atoms with van der Waals surface area (Å²) >= 11 is 0. The van der Waals surface area contributed by atoms with Crippen LogP contribution in [-0.4, -0.2) is 35.1 Å². The van der Waals surface area contributed by atoms with E-state index in [0.717, 1.165) is 0 Å². The Morgan fingerprint density at radius 2 is 1.29 bits per heavy atom. The van der Waals surface area contributed by atoms with E-state index in [1.807, 2.05) is 0 Å². The molecule has 0 bridgehead atoms. The number of carbonyl (C=O) groups excluding carboxylic acids is 2. The van der Waals surface area contributed by atoms with Gasteiger partial charge in [-0.15, -0.1) is 0 Å². The summed E-state index contributed by atoms with van der Waals surface area (Å²) in [7, 11) is 0. The monoisotopic (exact) mass is 286 g/mol. The maximum Gasteiger partial charge on any atom is 0.356 e. The zero-order valence-electron chi connectivity index (χ0n) is 11.3. The fourth-order valence-electron chi connectivity index (χ4n) is 1.50. The van der Waals surface area contributed by atoms with Crippen LogP contribution in [0.2, 0.25) is 0 Å². The van der Waals surface area contributed by atoms with Gasteiger partial charge in [0.2, 0.25) is 0 Å². The van der Waals surface area contributed by atoms with Gasteiger partial charge >= 0.3 is 11.9 Å². The molecule has 0 spiro atoms. The number of hydrogen-bond donors (Lipinski definition) is 0. The molecule has 2 rings (SSSR count). The lowest BCUT2D eigenvalue weighted by Gasteiger charge is -2.05. The predicted molar refractivity (Wildman–Crippen MR) is 73.7 cm³/mol. The molecule has 0 saturated carbocycles. The van der Waals surface area contributed by atoms with Crippen LogP contribution in [0.15, 0.2) is 48.8 Å². The Kier molecular flexibility index (Phi) is 5.40. The average Bonchev–Trinajstić information content (AvgIpc) is 2.55. The molecule has 0 aromatic carbocycles. The number of rotatable bonds is 6. The van der Waals surface area contributed by atoms with Crippen LogP contribution in [0.25, 0.3) is 0 Å². The van der Waals surface area contributed by atoms with Gasteiger partial charge in [-0.1, -0.05) is 12.1 Å². The lowest BCUT2D eigenvalue weighted by Crippen LogP contribution is -2.12. The smallest absolute Gasteiger partial charge is 0.356 e. The Morgan fingerprint density at radius 1 is 0.810 bits per heavy atom. The van der Waals surface area contributed by atoms with Gasteiger partial charge in [0.15, 0.2) is 0 Å². The van der Waals surface area contributed by atoms with Crippen LogP contribution in [0, 0.1) is 0 Å². The second-order valence-corrected chi connectivity index (χ2v) is 4.06. The van der Waals surface area contributed by atoms with E-state index < -0.39 is 11.9 Å². The standard InChI is InChI=1S/C15H14N2O4/c18-14(12-6-1-3-8-16-12)20-10-5-11-21-15(19)13-7-2-4-9-17-13/h1-4,6-9H,5,10-11H2. The third-order valence-corrected chi connectivity index (χ3v) is 2.50. The van der Waals surface area contributed by atoms with E-state index in [2.05, 4.69) is 9.97 Å². The lowest BCUT2D eigenvalue weighted by atomic mass is 10.3. The van der Waals surface area contributed by atoms with E-state index in [1.54, 1.807) is 36.4 Å². The molecule has 0 aliphatic rings. The highest BCUT2D eigenvalue weighted by Crippen LogP contribution is 2.00.